The van der Waals surface area contributed by atoms with Crippen molar-refractivity contribution < 1.29 is 5.11 Å². The van der Waals surface area contributed by atoms with Crippen molar-refractivity contribution in [2.24, 2.45) is 0 Å². The van der Waals surface area contributed by atoms with Crippen molar-refractivity contribution in [3.63, 3.8) is 0 Å². The molecule has 4 nitrogen and oxygen atoms in total. The SMILES string of the molecule is Cc1ccc(NCC(O)c2ccc3ccccc3c2)nc1C#N. The average molecular weight is 303 g/mol. The number of aromatic nitrogens is 1. The largest absolute Gasteiger partial charge is 0.387 e. The van der Waals surface area contributed by atoms with Crippen LogP contribution >= 0.6 is 0 Å². The van der Waals surface area contributed by atoms with Crippen LogP contribution in [0.2, 0.25) is 0 Å². The van der Waals surface area contributed by atoms with Gasteiger partial charge in [0.1, 0.15) is 17.6 Å². The molecule has 3 rings (SSSR count). The molecule has 0 radical (unpaired) electrons. The third kappa shape index (κ3) is 3.31. The summed E-state index contributed by atoms with van der Waals surface area (Å²) in [6, 6.07) is 19.7. The number of nitrogens with one attached hydrogen (secondary N) is 1. The molecule has 0 aliphatic carbocycles. The summed E-state index contributed by atoms with van der Waals surface area (Å²) in [6.45, 7) is 2.18. The Morgan fingerprint density at radius 3 is 2.70 bits per heavy atom. The second-order valence-corrected chi connectivity index (χ2v) is 5.48. The van der Waals surface area contributed by atoms with Gasteiger partial charge >= 0.3 is 0 Å². The van der Waals surface area contributed by atoms with Crippen molar-refractivity contribution >= 4 is 16.6 Å². The van der Waals surface area contributed by atoms with Crippen molar-refractivity contribution in [3.8, 4) is 6.07 Å². The molecule has 0 saturated carbocycles. The molecule has 3 aromatic rings. The minimum Gasteiger partial charge on any atom is -0.387 e. The molecule has 0 saturated heterocycles. The lowest BCUT2D eigenvalue weighted by Crippen LogP contribution is -2.13. The normalized spacial score (nSPS) is 11.9. The summed E-state index contributed by atoms with van der Waals surface area (Å²) in [5.41, 5.74) is 2.09. The molecular formula is C19H17N3O. The number of aryl methyl sites for hydroxylation is 1. The maximum absolute atomic E-state index is 10.4. The molecule has 0 aliphatic rings. The van der Waals surface area contributed by atoms with Gasteiger partial charge in [0.15, 0.2) is 0 Å². The van der Waals surface area contributed by atoms with Crippen LogP contribution in [0, 0.1) is 18.3 Å². The van der Waals surface area contributed by atoms with Crippen LogP contribution in [0.1, 0.15) is 22.9 Å². The first-order valence-electron chi connectivity index (χ1n) is 7.46. The molecule has 1 aromatic heterocycles. The molecule has 1 heterocycles. The molecule has 0 aliphatic heterocycles. The van der Waals surface area contributed by atoms with Gasteiger partial charge in [0.25, 0.3) is 0 Å². The Hall–Kier alpha value is -2.90. The van der Waals surface area contributed by atoms with Gasteiger partial charge in [-0.3, -0.25) is 0 Å². The molecule has 114 valence electrons. The summed E-state index contributed by atoms with van der Waals surface area (Å²) < 4.78 is 0. The molecule has 2 N–H and O–H groups in total. The van der Waals surface area contributed by atoms with E-state index in [1.807, 2.05) is 61.5 Å². The van der Waals surface area contributed by atoms with Crippen molar-refractivity contribution in [2.75, 3.05) is 11.9 Å². The molecule has 4 heteroatoms. The highest BCUT2D eigenvalue weighted by atomic mass is 16.3. The van der Waals surface area contributed by atoms with Gasteiger partial charge in [-0.1, -0.05) is 42.5 Å². The van der Waals surface area contributed by atoms with E-state index >= 15 is 0 Å². The summed E-state index contributed by atoms with van der Waals surface area (Å²) in [6.07, 6.45) is -0.645. The van der Waals surface area contributed by atoms with E-state index in [2.05, 4.69) is 16.4 Å². The van der Waals surface area contributed by atoms with E-state index in [0.717, 1.165) is 21.9 Å². The van der Waals surface area contributed by atoms with E-state index < -0.39 is 6.10 Å². The Labute approximate surface area is 135 Å². The van der Waals surface area contributed by atoms with Crippen molar-refractivity contribution in [1.29, 1.82) is 5.26 Å². The quantitative estimate of drug-likeness (QED) is 0.773. The molecule has 0 spiro atoms. The second kappa shape index (κ2) is 6.47. The Bertz CT molecular complexity index is 883. The summed E-state index contributed by atoms with van der Waals surface area (Å²) in [4.78, 5) is 4.22. The Balaban J connectivity index is 1.73. The summed E-state index contributed by atoms with van der Waals surface area (Å²) >= 11 is 0. The predicted molar refractivity (Wildman–Crippen MR) is 91.1 cm³/mol. The number of anilines is 1. The minimum atomic E-state index is -0.645. The first-order chi connectivity index (χ1) is 11.2. The van der Waals surface area contributed by atoms with Gasteiger partial charge in [0.2, 0.25) is 0 Å². The monoisotopic (exact) mass is 303 g/mol. The number of hydrogen-bond acceptors (Lipinski definition) is 4. The van der Waals surface area contributed by atoms with Gasteiger partial charge in [-0.25, -0.2) is 4.98 Å². The number of rotatable bonds is 4. The fraction of sp³-hybridized carbons (Fsp3) is 0.158. The third-order valence-electron chi connectivity index (χ3n) is 3.84. The number of aliphatic hydroxyl groups is 1. The van der Waals surface area contributed by atoms with Crippen LogP contribution < -0.4 is 5.32 Å². The standard InChI is InChI=1S/C19H17N3O/c1-13-6-9-19(22-17(13)11-20)21-12-18(23)16-8-7-14-4-2-3-5-15(14)10-16/h2-10,18,23H,12H2,1H3,(H,21,22). The summed E-state index contributed by atoms with van der Waals surface area (Å²) in [5, 5.41) is 24.7. The number of hydrogen-bond donors (Lipinski definition) is 2. The Morgan fingerprint density at radius 1 is 1.13 bits per heavy atom. The molecule has 0 amide bonds. The van der Waals surface area contributed by atoms with Gasteiger partial charge in [0, 0.05) is 6.54 Å². The first kappa shape index (κ1) is 15.0. The minimum absolute atomic E-state index is 0.333. The average Bonchev–Trinajstić information content (AvgIpc) is 2.60. The predicted octanol–water partition coefficient (Wildman–Crippen LogP) is 3.56. The molecule has 2 aromatic carbocycles. The van der Waals surface area contributed by atoms with Crippen molar-refractivity contribution in [1.82, 2.24) is 4.98 Å². The molecule has 1 atom stereocenters. The highest BCUT2D eigenvalue weighted by Crippen LogP contribution is 2.21. The number of aliphatic hydroxyl groups excluding tert-OH is 1. The fourth-order valence-corrected chi connectivity index (χ4v) is 2.47. The van der Waals surface area contributed by atoms with Gasteiger partial charge in [-0.2, -0.15) is 5.26 Å². The first-order valence-corrected chi connectivity index (χ1v) is 7.46. The number of fused-ring (bicyclic) bond motifs is 1. The molecule has 1 unspecified atom stereocenters. The van der Waals surface area contributed by atoms with E-state index in [1.165, 1.54) is 0 Å². The van der Waals surface area contributed by atoms with Crippen LogP contribution in [0.25, 0.3) is 10.8 Å². The Kier molecular flexibility index (Phi) is 4.22. The number of pyridine rings is 1. The summed E-state index contributed by atoms with van der Waals surface area (Å²) in [5.74, 6) is 0.590. The Morgan fingerprint density at radius 2 is 1.91 bits per heavy atom. The van der Waals surface area contributed by atoms with Gasteiger partial charge in [0.05, 0.1) is 6.10 Å². The highest BCUT2D eigenvalue weighted by molar-refractivity contribution is 5.83. The van der Waals surface area contributed by atoms with E-state index in [-0.39, 0.29) is 0 Å². The second-order valence-electron chi connectivity index (χ2n) is 5.48. The smallest absolute Gasteiger partial charge is 0.145 e. The topological polar surface area (TPSA) is 68.9 Å². The lowest BCUT2D eigenvalue weighted by Gasteiger charge is -2.14. The molecule has 0 fully saturated rings. The summed E-state index contributed by atoms with van der Waals surface area (Å²) in [7, 11) is 0. The van der Waals surface area contributed by atoms with E-state index in [4.69, 9.17) is 5.26 Å². The van der Waals surface area contributed by atoms with Crippen molar-refractivity contribution in [3.05, 3.63) is 71.4 Å². The number of benzene rings is 2. The van der Waals surface area contributed by atoms with Crippen LogP contribution in [0.4, 0.5) is 5.82 Å². The zero-order valence-electron chi connectivity index (χ0n) is 12.8. The molecular weight excluding hydrogens is 286 g/mol. The zero-order chi connectivity index (χ0) is 16.2. The zero-order valence-corrected chi connectivity index (χ0v) is 12.8. The maximum Gasteiger partial charge on any atom is 0.145 e. The van der Waals surface area contributed by atoms with Crippen LogP contribution in [-0.2, 0) is 0 Å². The lowest BCUT2D eigenvalue weighted by atomic mass is 10.0. The van der Waals surface area contributed by atoms with E-state index in [1.54, 1.807) is 0 Å². The van der Waals surface area contributed by atoms with Gasteiger partial charge in [-0.15, -0.1) is 0 Å². The van der Waals surface area contributed by atoms with Crippen molar-refractivity contribution in [2.45, 2.75) is 13.0 Å². The number of nitrogens with zero attached hydrogens (tertiary/aromatic N) is 2. The number of nitriles is 1. The third-order valence-corrected chi connectivity index (χ3v) is 3.84. The van der Waals surface area contributed by atoms with Crippen LogP contribution in [0.15, 0.2) is 54.6 Å². The lowest BCUT2D eigenvalue weighted by molar-refractivity contribution is 0.191. The van der Waals surface area contributed by atoms with Crippen LogP contribution in [-0.4, -0.2) is 16.6 Å². The molecule has 0 bridgehead atoms. The van der Waals surface area contributed by atoms with Crippen LogP contribution in [0.3, 0.4) is 0 Å². The van der Waals surface area contributed by atoms with Gasteiger partial charge in [-0.05, 0) is 41.0 Å². The van der Waals surface area contributed by atoms with Gasteiger partial charge < -0.3 is 10.4 Å². The highest BCUT2D eigenvalue weighted by Gasteiger charge is 2.09. The van der Waals surface area contributed by atoms with E-state index in [9.17, 15) is 5.11 Å². The molecule has 23 heavy (non-hydrogen) atoms. The van der Waals surface area contributed by atoms with E-state index in [0.29, 0.717) is 18.1 Å². The van der Waals surface area contributed by atoms with Crippen LogP contribution in [0.5, 0.6) is 0 Å². The maximum atomic E-state index is 10.4. The fourth-order valence-electron chi connectivity index (χ4n) is 2.47.